The van der Waals surface area contributed by atoms with E-state index in [1.807, 2.05) is 17.0 Å². The minimum absolute atomic E-state index is 0.0112. The average Bonchev–Trinajstić information content (AvgIpc) is 2.59. The first-order valence-corrected chi connectivity index (χ1v) is 7.65. The van der Waals surface area contributed by atoms with Crippen molar-refractivity contribution >= 4 is 12.0 Å². The Morgan fingerprint density at radius 2 is 1.87 bits per heavy atom. The number of piperidine rings is 1. The Hall–Kier alpha value is -2.79. The Morgan fingerprint density at radius 1 is 1.26 bits per heavy atom. The van der Waals surface area contributed by atoms with Crippen molar-refractivity contribution in [2.45, 2.75) is 19.8 Å². The summed E-state index contributed by atoms with van der Waals surface area (Å²) >= 11 is 0. The van der Waals surface area contributed by atoms with E-state index in [-0.39, 0.29) is 18.1 Å². The van der Waals surface area contributed by atoms with Gasteiger partial charge in [0.25, 0.3) is 5.91 Å². The number of likely N-dealkylation sites (tertiary alicyclic amines) is 1. The molecule has 0 radical (unpaired) electrons. The smallest absolute Gasteiger partial charge is 0.260 e. The Kier molecular flexibility index (Phi) is 5.77. The number of ether oxygens (including phenoxy) is 1. The highest BCUT2D eigenvalue weighted by Crippen LogP contribution is 2.17. The largest absolute Gasteiger partial charge is 0.484 e. The molecule has 5 nitrogen and oxygen atoms in total. The lowest BCUT2D eigenvalue weighted by Gasteiger charge is -2.30. The normalized spacial score (nSPS) is 14.5. The molecule has 0 N–H and O–H groups in total. The first-order valence-electron chi connectivity index (χ1n) is 7.65. The Labute approximate surface area is 136 Å². The number of nitriles is 2. The number of hydrogen-bond acceptors (Lipinski definition) is 4. The van der Waals surface area contributed by atoms with E-state index in [0.717, 1.165) is 31.5 Å². The zero-order chi connectivity index (χ0) is 16.7. The van der Waals surface area contributed by atoms with Crippen LogP contribution in [0.1, 0.15) is 25.3 Å². The summed E-state index contributed by atoms with van der Waals surface area (Å²) in [6.45, 7) is 3.85. The summed E-state index contributed by atoms with van der Waals surface area (Å²) in [7, 11) is 0. The van der Waals surface area contributed by atoms with Crippen LogP contribution < -0.4 is 4.74 Å². The third-order valence-electron chi connectivity index (χ3n) is 3.93. The van der Waals surface area contributed by atoms with Crippen LogP contribution in [0.15, 0.2) is 29.8 Å². The van der Waals surface area contributed by atoms with E-state index in [2.05, 4.69) is 6.92 Å². The summed E-state index contributed by atoms with van der Waals surface area (Å²) in [6, 6.07) is 10.6. The monoisotopic (exact) mass is 309 g/mol. The second-order valence-electron chi connectivity index (χ2n) is 5.70. The highest BCUT2D eigenvalue weighted by Gasteiger charge is 2.20. The van der Waals surface area contributed by atoms with Gasteiger partial charge in [-0.3, -0.25) is 4.79 Å². The van der Waals surface area contributed by atoms with E-state index in [0.29, 0.717) is 11.7 Å². The fraction of sp³-hybridized carbons (Fsp3) is 0.389. The fourth-order valence-electron chi connectivity index (χ4n) is 2.41. The summed E-state index contributed by atoms with van der Waals surface area (Å²) in [5, 5.41) is 17.4. The van der Waals surface area contributed by atoms with Crippen molar-refractivity contribution in [3.63, 3.8) is 0 Å². The summed E-state index contributed by atoms with van der Waals surface area (Å²) in [5.74, 6) is 1.29. The van der Waals surface area contributed by atoms with Crippen molar-refractivity contribution in [2.75, 3.05) is 19.7 Å². The Bertz CT molecular complexity index is 641. The second-order valence-corrected chi connectivity index (χ2v) is 5.70. The van der Waals surface area contributed by atoms with E-state index in [9.17, 15) is 4.79 Å². The second kappa shape index (κ2) is 8.00. The molecule has 0 atom stereocenters. The van der Waals surface area contributed by atoms with Gasteiger partial charge in [-0.2, -0.15) is 10.5 Å². The first kappa shape index (κ1) is 16.6. The molecule has 118 valence electrons. The summed E-state index contributed by atoms with van der Waals surface area (Å²) in [6.07, 6.45) is 3.60. The lowest BCUT2D eigenvalue weighted by Crippen LogP contribution is -2.40. The minimum Gasteiger partial charge on any atom is -0.484 e. The van der Waals surface area contributed by atoms with Gasteiger partial charge < -0.3 is 9.64 Å². The molecule has 0 spiro atoms. The fourth-order valence-corrected chi connectivity index (χ4v) is 2.41. The average molecular weight is 309 g/mol. The topological polar surface area (TPSA) is 77.1 Å². The molecule has 1 aliphatic heterocycles. The molecule has 1 aromatic rings. The van der Waals surface area contributed by atoms with E-state index < -0.39 is 0 Å². The maximum atomic E-state index is 12.1. The number of hydrogen-bond donors (Lipinski definition) is 0. The number of rotatable bonds is 4. The molecule has 0 aromatic heterocycles. The quantitative estimate of drug-likeness (QED) is 0.801. The van der Waals surface area contributed by atoms with Crippen molar-refractivity contribution in [3.8, 4) is 17.9 Å². The standard InChI is InChI=1S/C18H19N3O2/c1-14-6-8-21(9-7-14)18(22)13-23-17-4-2-15(3-5-17)10-16(11-19)12-20/h2-5,10,14H,6-9,13H2,1H3. The molecular formula is C18H19N3O2. The summed E-state index contributed by atoms with van der Waals surface area (Å²) in [5.41, 5.74) is 0.792. The van der Waals surface area contributed by atoms with Crippen LogP contribution in [0, 0.1) is 28.6 Å². The highest BCUT2D eigenvalue weighted by molar-refractivity contribution is 5.77. The molecule has 23 heavy (non-hydrogen) atoms. The van der Waals surface area contributed by atoms with Crippen LogP contribution in [0.5, 0.6) is 5.75 Å². The van der Waals surface area contributed by atoms with Crippen LogP contribution in [-0.2, 0) is 4.79 Å². The van der Waals surface area contributed by atoms with E-state index in [4.69, 9.17) is 15.3 Å². The first-order chi connectivity index (χ1) is 11.1. The number of carbonyl (C=O) groups excluding carboxylic acids is 1. The molecule has 2 rings (SSSR count). The van der Waals surface area contributed by atoms with Crippen LogP contribution in [0.3, 0.4) is 0 Å². The number of benzene rings is 1. The molecule has 1 fully saturated rings. The van der Waals surface area contributed by atoms with Crippen molar-refractivity contribution in [2.24, 2.45) is 5.92 Å². The Balaban J connectivity index is 1.87. The van der Waals surface area contributed by atoms with E-state index >= 15 is 0 Å². The van der Waals surface area contributed by atoms with Crippen molar-refractivity contribution in [3.05, 3.63) is 35.4 Å². The third-order valence-corrected chi connectivity index (χ3v) is 3.93. The molecule has 1 saturated heterocycles. The number of carbonyl (C=O) groups is 1. The molecule has 1 aromatic carbocycles. The lowest BCUT2D eigenvalue weighted by atomic mass is 9.99. The minimum atomic E-state index is 0.0112. The SMILES string of the molecule is CC1CCN(C(=O)COc2ccc(C=C(C#N)C#N)cc2)CC1. The van der Waals surface area contributed by atoms with Crippen LogP contribution in [0.25, 0.3) is 6.08 Å². The van der Waals surface area contributed by atoms with Gasteiger partial charge >= 0.3 is 0 Å². The molecule has 0 bridgehead atoms. The number of allylic oxidation sites excluding steroid dienone is 1. The lowest BCUT2D eigenvalue weighted by molar-refractivity contribution is -0.134. The van der Waals surface area contributed by atoms with Crippen molar-refractivity contribution < 1.29 is 9.53 Å². The molecule has 1 heterocycles. The van der Waals surface area contributed by atoms with Crippen molar-refractivity contribution in [1.82, 2.24) is 4.90 Å². The van der Waals surface area contributed by atoms with Gasteiger partial charge in [-0.05, 0) is 42.5 Å². The van der Waals surface area contributed by atoms with Gasteiger partial charge in [-0.15, -0.1) is 0 Å². The molecule has 5 heteroatoms. The van der Waals surface area contributed by atoms with Crippen LogP contribution in [0.4, 0.5) is 0 Å². The van der Waals surface area contributed by atoms with Gasteiger partial charge in [0.05, 0.1) is 0 Å². The van der Waals surface area contributed by atoms with Gasteiger partial charge in [0.1, 0.15) is 23.5 Å². The van der Waals surface area contributed by atoms with Crippen molar-refractivity contribution in [1.29, 1.82) is 10.5 Å². The number of nitrogens with zero attached hydrogens (tertiary/aromatic N) is 3. The predicted octanol–water partition coefficient (Wildman–Crippen LogP) is 2.75. The van der Waals surface area contributed by atoms with Crippen LogP contribution in [0.2, 0.25) is 0 Å². The van der Waals surface area contributed by atoms with Gasteiger partial charge in [0.2, 0.25) is 0 Å². The summed E-state index contributed by atoms with van der Waals surface area (Å²) in [4.78, 5) is 13.9. The van der Waals surface area contributed by atoms with Crippen LogP contribution in [-0.4, -0.2) is 30.5 Å². The molecule has 1 aliphatic rings. The maximum Gasteiger partial charge on any atom is 0.260 e. The predicted molar refractivity (Wildman–Crippen MR) is 86.1 cm³/mol. The van der Waals surface area contributed by atoms with Gasteiger partial charge in [-0.1, -0.05) is 19.1 Å². The zero-order valence-corrected chi connectivity index (χ0v) is 13.2. The van der Waals surface area contributed by atoms with Gasteiger partial charge in [0.15, 0.2) is 6.61 Å². The van der Waals surface area contributed by atoms with Gasteiger partial charge in [-0.25, -0.2) is 0 Å². The Morgan fingerprint density at radius 3 is 2.43 bits per heavy atom. The maximum absolute atomic E-state index is 12.1. The molecular weight excluding hydrogens is 290 g/mol. The zero-order valence-electron chi connectivity index (χ0n) is 13.2. The van der Waals surface area contributed by atoms with Crippen LogP contribution >= 0.6 is 0 Å². The highest BCUT2D eigenvalue weighted by atomic mass is 16.5. The molecule has 1 amide bonds. The summed E-state index contributed by atoms with van der Waals surface area (Å²) < 4.78 is 5.52. The molecule has 0 aliphatic carbocycles. The third kappa shape index (κ3) is 4.86. The van der Waals surface area contributed by atoms with Gasteiger partial charge in [0, 0.05) is 13.1 Å². The van der Waals surface area contributed by atoms with E-state index in [1.54, 1.807) is 24.3 Å². The number of amides is 1. The van der Waals surface area contributed by atoms with E-state index in [1.165, 1.54) is 6.08 Å². The molecule has 0 unspecified atom stereocenters. The molecule has 0 saturated carbocycles.